The van der Waals surface area contributed by atoms with Crippen LogP contribution in [-0.4, -0.2) is 4.92 Å². The van der Waals surface area contributed by atoms with Crippen LogP contribution in [0, 0.1) is 32.8 Å². The van der Waals surface area contributed by atoms with Gasteiger partial charge in [-0.3, -0.25) is 10.1 Å². The summed E-state index contributed by atoms with van der Waals surface area (Å²) in [5.41, 5.74) is 0.843. The SMILES string of the molecule is N#Cc1ccc(Cl)cc1Nc1ccc(C#N)c([N+](=O)[O-])c1. The number of benzene rings is 2. The number of rotatable bonds is 3. The van der Waals surface area contributed by atoms with Crippen molar-refractivity contribution in [1.29, 1.82) is 10.5 Å². The van der Waals surface area contributed by atoms with Crippen LogP contribution in [0.2, 0.25) is 5.02 Å². The van der Waals surface area contributed by atoms with E-state index >= 15 is 0 Å². The van der Waals surface area contributed by atoms with Crippen molar-refractivity contribution in [3.05, 3.63) is 62.7 Å². The summed E-state index contributed by atoms with van der Waals surface area (Å²) in [6.45, 7) is 0. The van der Waals surface area contributed by atoms with Crippen molar-refractivity contribution < 1.29 is 4.92 Å². The Bertz CT molecular complexity index is 806. The van der Waals surface area contributed by atoms with Crippen molar-refractivity contribution in [2.45, 2.75) is 0 Å². The zero-order valence-corrected chi connectivity index (χ0v) is 11.3. The van der Waals surface area contributed by atoms with Gasteiger partial charge in [-0.05, 0) is 30.3 Å². The molecular weight excluding hydrogens is 292 g/mol. The third-order valence-corrected chi connectivity index (χ3v) is 2.93. The first-order valence-electron chi connectivity index (χ1n) is 5.70. The third-order valence-electron chi connectivity index (χ3n) is 2.70. The lowest BCUT2D eigenvalue weighted by Gasteiger charge is -2.09. The second kappa shape index (κ2) is 5.91. The second-order valence-electron chi connectivity index (χ2n) is 4.03. The van der Waals surface area contributed by atoms with E-state index in [1.54, 1.807) is 24.3 Å². The molecule has 0 spiro atoms. The lowest BCUT2D eigenvalue weighted by Crippen LogP contribution is -1.97. The van der Waals surface area contributed by atoms with Gasteiger partial charge in [0, 0.05) is 16.8 Å². The summed E-state index contributed by atoms with van der Waals surface area (Å²) >= 11 is 5.87. The average molecular weight is 299 g/mol. The first-order valence-corrected chi connectivity index (χ1v) is 6.08. The molecule has 0 saturated carbocycles. The zero-order valence-electron chi connectivity index (χ0n) is 10.5. The highest BCUT2D eigenvalue weighted by Crippen LogP contribution is 2.28. The predicted octanol–water partition coefficient (Wildman–Crippen LogP) is 3.74. The maximum absolute atomic E-state index is 10.9. The smallest absolute Gasteiger partial charge is 0.289 e. The second-order valence-corrected chi connectivity index (χ2v) is 4.46. The molecule has 2 rings (SSSR count). The molecule has 6 nitrogen and oxygen atoms in total. The summed E-state index contributed by atoms with van der Waals surface area (Å²) < 4.78 is 0. The van der Waals surface area contributed by atoms with Crippen LogP contribution < -0.4 is 5.32 Å². The van der Waals surface area contributed by atoms with Crippen LogP contribution in [0.1, 0.15) is 11.1 Å². The van der Waals surface area contributed by atoms with Crippen molar-refractivity contribution in [2.24, 2.45) is 0 Å². The number of halogens is 1. The monoisotopic (exact) mass is 298 g/mol. The highest BCUT2D eigenvalue weighted by molar-refractivity contribution is 6.30. The van der Waals surface area contributed by atoms with E-state index in [0.717, 1.165) is 0 Å². The van der Waals surface area contributed by atoms with Gasteiger partial charge in [0.1, 0.15) is 17.7 Å². The fourth-order valence-corrected chi connectivity index (χ4v) is 1.90. The standard InChI is InChI=1S/C14H7ClN4O2/c15-11-3-1-9(7-16)13(5-11)18-12-4-2-10(8-17)14(6-12)19(20)21/h1-6,18H. The number of nitro groups is 1. The van der Waals surface area contributed by atoms with E-state index in [1.807, 2.05) is 6.07 Å². The first-order chi connectivity index (χ1) is 10.0. The summed E-state index contributed by atoms with van der Waals surface area (Å²) in [7, 11) is 0. The number of nitro benzene ring substituents is 1. The summed E-state index contributed by atoms with van der Waals surface area (Å²) in [5, 5.41) is 32.1. The van der Waals surface area contributed by atoms with Gasteiger partial charge < -0.3 is 5.32 Å². The fraction of sp³-hybridized carbons (Fsp3) is 0. The number of hydrogen-bond acceptors (Lipinski definition) is 5. The fourth-order valence-electron chi connectivity index (χ4n) is 1.73. The molecule has 0 fully saturated rings. The van der Waals surface area contributed by atoms with Crippen LogP contribution in [-0.2, 0) is 0 Å². The Labute approximate surface area is 125 Å². The molecule has 0 radical (unpaired) electrons. The molecule has 0 aliphatic carbocycles. The molecule has 0 aliphatic rings. The van der Waals surface area contributed by atoms with Crippen molar-refractivity contribution in [1.82, 2.24) is 0 Å². The Hall–Kier alpha value is -3.09. The Kier molecular flexibility index (Phi) is 4.03. The maximum atomic E-state index is 10.9. The average Bonchev–Trinajstić information content (AvgIpc) is 2.47. The number of anilines is 2. The normalized spacial score (nSPS) is 9.48. The Morgan fingerprint density at radius 3 is 2.38 bits per heavy atom. The van der Waals surface area contributed by atoms with E-state index in [2.05, 4.69) is 5.32 Å². The molecule has 0 aliphatic heterocycles. The maximum Gasteiger partial charge on any atom is 0.289 e. The quantitative estimate of drug-likeness (QED) is 0.687. The van der Waals surface area contributed by atoms with Crippen molar-refractivity contribution in [3.8, 4) is 12.1 Å². The minimum atomic E-state index is -0.632. The summed E-state index contributed by atoms with van der Waals surface area (Å²) in [4.78, 5) is 10.3. The van der Waals surface area contributed by atoms with E-state index < -0.39 is 4.92 Å². The van der Waals surface area contributed by atoms with Crippen molar-refractivity contribution in [2.75, 3.05) is 5.32 Å². The van der Waals surface area contributed by atoms with Crippen LogP contribution >= 0.6 is 11.6 Å². The highest BCUT2D eigenvalue weighted by Gasteiger charge is 2.14. The lowest BCUT2D eigenvalue weighted by atomic mass is 10.1. The van der Waals surface area contributed by atoms with E-state index in [1.165, 1.54) is 18.2 Å². The van der Waals surface area contributed by atoms with E-state index in [-0.39, 0.29) is 11.3 Å². The van der Waals surface area contributed by atoms with Gasteiger partial charge in [0.2, 0.25) is 0 Å². The minimum absolute atomic E-state index is 0.0304. The molecule has 7 heteroatoms. The van der Waals surface area contributed by atoms with Gasteiger partial charge in [-0.1, -0.05) is 11.6 Å². The number of nitrogens with one attached hydrogen (secondary N) is 1. The molecule has 2 aromatic rings. The zero-order chi connectivity index (χ0) is 15.4. The van der Waals surface area contributed by atoms with Gasteiger partial charge in [0.05, 0.1) is 16.2 Å². The molecular formula is C14H7ClN4O2. The summed E-state index contributed by atoms with van der Waals surface area (Å²) in [6.07, 6.45) is 0. The van der Waals surface area contributed by atoms with E-state index in [0.29, 0.717) is 22.0 Å². The molecule has 0 saturated heterocycles. The van der Waals surface area contributed by atoms with Crippen LogP contribution in [0.3, 0.4) is 0 Å². The van der Waals surface area contributed by atoms with Crippen LogP contribution in [0.5, 0.6) is 0 Å². The molecule has 0 bridgehead atoms. The van der Waals surface area contributed by atoms with Crippen LogP contribution in [0.4, 0.5) is 17.1 Å². The Balaban J connectivity index is 2.44. The molecule has 102 valence electrons. The van der Waals surface area contributed by atoms with Crippen molar-refractivity contribution in [3.63, 3.8) is 0 Å². The number of nitriles is 2. The number of nitrogens with zero attached hydrogens (tertiary/aromatic N) is 3. The molecule has 0 atom stereocenters. The molecule has 21 heavy (non-hydrogen) atoms. The molecule has 2 aromatic carbocycles. The third kappa shape index (κ3) is 3.08. The molecule has 0 heterocycles. The lowest BCUT2D eigenvalue weighted by molar-refractivity contribution is -0.385. The van der Waals surface area contributed by atoms with Gasteiger partial charge in [0.25, 0.3) is 5.69 Å². The minimum Gasteiger partial charge on any atom is -0.354 e. The first kappa shape index (κ1) is 14.3. The summed E-state index contributed by atoms with van der Waals surface area (Å²) in [5.74, 6) is 0. The van der Waals surface area contributed by atoms with Gasteiger partial charge in [-0.2, -0.15) is 10.5 Å². The van der Waals surface area contributed by atoms with Gasteiger partial charge in [0.15, 0.2) is 0 Å². The largest absolute Gasteiger partial charge is 0.354 e. The highest BCUT2D eigenvalue weighted by atomic mass is 35.5. The van der Waals surface area contributed by atoms with Gasteiger partial charge in [-0.25, -0.2) is 0 Å². The van der Waals surface area contributed by atoms with Crippen LogP contribution in [0.15, 0.2) is 36.4 Å². The Morgan fingerprint density at radius 1 is 1.10 bits per heavy atom. The van der Waals surface area contributed by atoms with E-state index in [4.69, 9.17) is 22.1 Å². The molecule has 0 aromatic heterocycles. The van der Waals surface area contributed by atoms with Gasteiger partial charge in [-0.15, -0.1) is 0 Å². The molecule has 0 amide bonds. The van der Waals surface area contributed by atoms with E-state index in [9.17, 15) is 10.1 Å². The van der Waals surface area contributed by atoms with Crippen molar-refractivity contribution >= 4 is 28.7 Å². The molecule has 1 N–H and O–H groups in total. The topological polar surface area (TPSA) is 103 Å². The van der Waals surface area contributed by atoms with Gasteiger partial charge >= 0.3 is 0 Å². The number of hydrogen-bond donors (Lipinski definition) is 1. The summed E-state index contributed by atoms with van der Waals surface area (Å²) in [6, 6.07) is 12.5. The Morgan fingerprint density at radius 2 is 1.76 bits per heavy atom. The predicted molar refractivity (Wildman–Crippen MR) is 77.3 cm³/mol. The van der Waals surface area contributed by atoms with Crippen LogP contribution in [0.25, 0.3) is 0 Å². The molecule has 0 unspecified atom stereocenters.